The number of rotatable bonds is 6. The Morgan fingerprint density at radius 3 is 2.23 bits per heavy atom. The molecule has 2 N–H and O–H groups in total. The molecular weight excluding hydrogens is 282 g/mol. The molecule has 0 spiro atoms. The highest BCUT2D eigenvalue weighted by atomic mass is 16.6. The molecule has 1 saturated carbocycles. The van der Waals surface area contributed by atoms with E-state index in [4.69, 9.17) is 4.74 Å². The van der Waals surface area contributed by atoms with E-state index in [0.717, 1.165) is 32.1 Å². The smallest absolute Gasteiger partial charge is 0.407 e. The maximum Gasteiger partial charge on any atom is 0.407 e. The van der Waals surface area contributed by atoms with Gasteiger partial charge in [0.15, 0.2) is 0 Å². The second-order valence-electron chi connectivity index (χ2n) is 7.40. The van der Waals surface area contributed by atoms with Gasteiger partial charge in [-0.15, -0.1) is 0 Å². The van der Waals surface area contributed by atoms with E-state index in [9.17, 15) is 14.7 Å². The van der Waals surface area contributed by atoms with Crippen LogP contribution in [0.2, 0.25) is 0 Å². The van der Waals surface area contributed by atoms with Crippen molar-refractivity contribution >= 4 is 12.1 Å². The fourth-order valence-electron chi connectivity index (χ4n) is 3.44. The summed E-state index contributed by atoms with van der Waals surface area (Å²) in [5.74, 6) is -0.661. The Morgan fingerprint density at radius 1 is 1.18 bits per heavy atom. The monoisotopic (exact) mass is 313 g/mol. The van der Waals surface area contributed by atoms with Crippen LogP contribution in [0, 0.1) is 11.3 Å². The minimum absolute atomic E-state index is 0.133. The highest BCUT2D eigenvalue weighted by Crippen LogP contribution is 2.42. The highest BCUT2D eigenvalue weighted by molar-refractivity contribution is 5.77. The molecule has 1 aliphatic carbocycles. The first kappa shape index (κ1) is 18.8. The van der Waals surface area contributed by atoms with Crippen LogP contribution in [-0.4, -0.2) is 29.3 Å². The van der Waals surface area contributed by atoms with E-state index in [1.165, 1.54) is 6.42 Å². The zero-order chi connectivity index (χ0) is 16.8. The van der Waals surface area contributed by atoms with Gasteiger partial charge in [0.2, 0.25) is 0 Å². The molecule has 0 aromatic rings. The first-order valence-corrected chi connectivity index (χ1v) is 8.41. The third-order valence-corrected chi connectivity index (χ3v) is 4.46. The molecule has 5 heteroatoms. The summed E-state index contributed by atoms with van der Waals surface area (Å²) in [6.07, 6.45) is 6.04. The third kappa shape index (κ3) is 5.18. The van der Waals surface area contributed by atoms with Crippen molar-refractivity contribution < 1.29 is 19.4 Å². The number of carbonyl (C=O) groups is 2. The molecule has 22 heavy (non-hydrogen) atoms. The number of nitrogens with one attached hydrogen (secondary N) is 1. The topological polar surface area (TPSA) is 75.6 Å². The van der Waals surface area contributed by atoms with Gasteiger partial charge in [-0.1, -0.05) is 32.6 Å². The number of ether oxygens (including phenoxy) is 1. The number of carboxylic acids is 1. The molecule has 0 aromatic carbocycles. The molecule has 0 saturated heterocycles. The van der Waals surface area contributed by atoms with Crippen molar-refractivity contribution in [2.75, 3.05) is 6.54 Å². The molecule has 0 aromatic heterocycles. The van der Waals surface area contributed by atoms with Gasteiger partial charge < -0.3 is 15.2 Å². The van der Waals surface area contributed by atoms with Crippen molar-refractivity contribution in [3.05, 3.63) is 0 Å². The Labute approximate surface area is 133 Å². The van der Waals surface area contributed by atoms with Crippen LogP contribution in [0.5, 0.6) is 0 Å². The molecule has 1 amide bonds. The summed E-state index contributed by atoms with van der Waals surface area (Å²) in [6, 6.07) is 0. The van der Waals surface area contributed by atoms with Crippen molar-refractivity contribution in [1.82, 2.24) is 5.32 Å². The maximum absolute atomic E-state index is 12.0. The van der Waals surface area contributed by atoms with Gasteiger partial charge >= 0.3 is 12.1 Å². The van der Waals surface area contributed by atoms with E-state index in [1.54, 1.807) is 20.8 Å². The first-order valence-electron chi connectivity index (χ1n) is 8.41. The largest absolute Gasteiger partial charge is 0.481 e. The Bertz CT molecular complexity index is 383. The minimum Gasteiger partial charge on any atom is -0.481 e. The van der Waals surface area contributed by atoms with E-state index in [-0.39, 0.29) is 12.5 Å². The number of carboxylic acid groups (broad SMARTS) is 1. The molecule has 0 radical (unpaired) electrons. The van der Waals surface area contributed by atoms with Crippen LogP contribution >= 0.6 is 0 Å². The maximum atomic E-state index is 12.0. The number of hydrogen-bond donors (Lipinski definition) is 2. The molecular formula is C17H31NO4. The molecule has 128 valence electrons. The van der Waals surface area contributed by atoms with Crippen LogP contribution in [-0.2, 0) is 9.53 Å². The van der Waals surface area contributed by atoms with Crippen LogP contribution in [0.4, 0.5) is 4.79 Å². The quantitative estimate of drug-likeness (QED) is 0.778. The van der Waals surface area contributed by atoms with E-state index in [0.29, 0.717) is 6.42 Å². The van der Waals surface area contributed by atoms with Gasteiger partial charge in [0.25, 0.3) is 0 Å². The zero-order valence-corrected chi connectivity index (χ0v) is 14.4. The van der Waals surface area contributed by atoms with Gasteiger partial charge in [0, 0.05) is 6.54 Å². The lowest BCUT2D eigenvalue weighted by atomic mass is 9.66. The van der Waals surface area contributed by atoms with Crippen molar-refractivity contribution in [3.63, 3.8) is 0 Å². The molecule has 0 bridgehead atoms. The van der Waals surface area contributed by atoms with Crippen LogP contribution in [0.1, 0.15) is 72.6 Å². The van der Waals surface area contributed by atoms with Crippen molar-refractivity contribution in [1.29, 1.82) is 0 Å². The lowest BCUT2D eigenvalue weighted by Gasteiger charge is -2.39. The highest BCUT2D eigenvalue weighted by Gasteiger charge is 2.45. The fraction of sp³-hybridized carbons (Fsp3) is 0.882. The van der Waals surface area contributed by atoms with Gasteiger partial charge in [-0.3, -0.25) is 4.79 Å². The van der Waals surface area contributed by atoms with Gasteiger partial charge in [-0.25, -0.2) is 4.79 Å². The van der Waals surface area contributed by atoms with Crippen LogP contribution in [0.25, 0.3) is 0 Å². The Hall–Kier alpha value is -1.26. The van der Waals surface area contributed by atoms with Crippen LogP contribution in [0.3, 0.4) is 0 Å². The SMILES string of the molecule is CCCC(CNC(=O)OC(C)(C)C)(C(=O)O)C1CCCCC1. The Morgan fingerprint density at radius 2 is 1.77 bits per heavy atom. The van der Waals surface area contributed by atoms with E-state index in [1.807, 2.05) is 6.92 Å². The summed E-state index contributed by atoms with van der Waals surface area (Å²) in [5.41, 5.74) is -1.45. The number of alkyl carbamates (subject to hydrolysis) is 1. The lowest BCUT2D eigenvalue weighted by Crippen LogP contribution is -2.49. The van der Waals surface area contributed by atoms with Gasteiger partial charge in [-0.05, 0) is 46.0 Å². The summed E-state index contributed by atoms with van der Waals surface area (Å²) in [6.45, 7) is 7.53. The molecule has 0 heterocycles. The molecule has 1 atom stereocenters. The van der Waals surface area contributed by atoms with Crippen LogP contribution in [0.15, 0.2) is 0 Å². The Balaban J connectivity index is 2.81. The molecule has 1 fully saturated rings. The number of carbonyl (C=O) groups excluding carboxylic acids is 1. The minimum atomic E-state index is -0.869. The molecule has 1 aliphatic rings. The predicted octanol–water partition coefficient (Wildman–Crippen LogP) is 3.96. The summed E-state index contributed by atoms with van der Waals surface area (Å²) >= 11 is 0. The van der Waals surface area contributed by atoms with Crippen molar-refractivity contribution in [3.8, 4) is 0 Å². The fourth-order valence-corrected chi connectivity index (χ4v) is 3.44. The number of hydrogen-bond acceptors (Lipinski definition) is 3. The molecule has 1 unspecified atom stereocenters. The standard InChI is InChI=1S/C17H31NO4/c1-5-11-17(14(19)20,13-9-7-6-8-10-13)12-18-15(21)22-16(2,3)4/h13H,5-12H2,1-4H3,(H,18,21)(H,19,20). The second kappa shape index (κ2) is 7.84. The third-order valence-electron chi connectivity index (χ3n) is 4.46. The number of aliphatic carboxylic acids is 1. The second-order valence-corrected chi connectivity index (χ2v) is 7.40. The summed E-state index contributed by atoms with van der Waals surface area (Å²) < 4.78 is 5.24. The summed E-state index contributed by atoms with van der Waals surface area (Å²) in [4.78, 5) is 23.9. The number of amides is 1. The van der Waals surface area contributed by atoms with E-state index in [2.05, 4.69) is 5.32 Å². The van der Waals surface area contributed by atoms with E-state index >= 15 is 0 Å². The van der Waals surface area contributed by atoms with Gasteiger partial charge in [-0.2, -0.15) is 0 Å². The average Bonchev–Trinajstić information content (AvgIpc) is 2.42. The molecule has 1 rings (SSSR count). The summed E-state index contributed by atoms with van der Waals surface area (Å²) in [5, 5.41) is 12.6. The first-order chi connectivity index (χ1) is 10.2. The Kier molecular flexibility index (Phi) is 6.69. The zero-order valence-electron chi connectivity index (χ0n) is 14.4. The molecule has 5 nitrogen and oxygen atoms in total. The van der Waals surface area contributed by atoms with Crippen molar-refractivity contribution in [2.24, 2.45) is 11.3 Å². The lowest BCUT2D eigenvalue weighted by molar-refractivity contribution is -0.154. The molecule has 0 aliphatic heterocycles. The van der Waals surface area contributed by atoms with Crippen molar-refractivity contribution in [2.45, 2.75) is 78.2 Å². The van der Waals surface area contributed by atoms with E-state index < -0.39 is 23.1 Å². The van der Waals surface area contributed by atoms with Crippen LogP contribution < -0.4 is 5.32 Å². The predicted molar refractivity (Wildman–Crippen MR) is 85.8 cm³/mol. The van der Waals surface area contributed by atoms with Gasteiger partial charge in [0.1, 0.15) is 5.60 Å². The normalized spacial score (nSPS) is 19.3. The average molecular weight is 313 g/mol. The summed E-state index contributed by atoms with van der Waals surface area (Å²) in [7, 11) is 0. The van der Waals surface area contributed by atoms with Gasteiger partial charge in [0.05, 0.1) is 5.41 Å².